The van der Waals surface area contributed by atoms with E-state index in [1.165, 1.54) is 24.0 Å². The van der Waals surface area contributed by atoms with E-state index in [9.17, 15) is 14.9 Å². The molecule has 1 atom stereocenters. The Hall–Kier alpha value is -2.50. The predicted octanol–water partition coefficient (Wildman–Crippen LogP) is 2.55. The van der Waals surface area contributed by atoms with Gasteiger partial charge in [0.1, 0.15) is 6.20 Å². The number of rotatable bonds is 6. The molecule has 0 aliphatic rings. The van der Waals surface area contributed by atoms with Crippen LogP contribution in [0.2, 0.25) is 0 Å². The number of aromatic nitrogens is 2. The van der Waals surface area contributed by atoms with Gasteiger partial charge in [-0.05, 0) is 35.2 Å². The molecule has 0 fully saturated rings. The van der Waals surface area contributed by atoms with Crippen LogP contribution >= 0.6 is 0 Å². The number of Topliss-reactive ketones (excluding diaryl/α,β-unsaturated/α-hetero) is 1. The summed E-state index contributed by atoms with van der Waals surface area (Å²) < 4.78 is 1.52. The first kappa shape index (κ1) is 13.9. The summed E-state index contributed by atoms with van der Waals surface area (Å²) in [7, 11) is 0. The number of hydrogen-bond acceptors (Lipinski definition) is 4. The second-order valence-electron chi connectivity index (χ2n) is 4.59. The lowest BCUT2D eigenvalue weighted by Gasteiger charge is -2.13. The van der Waals surface area contributed by atoms with Crippen LogP contribution in [0.5, 0.6) is 0 Å². The number of carbonyl (C=O) groups excluding carboxylic acids is 1. The largest absolute Gasteiger partial charge is 0.381 e. The summed E-state index contributed by atoms with van der Waals surface area (Å²) in [6.45, 7) is 1.49. The van der Waals surface area contributed by atoms with Crippen LogP contribution in [-0.2, 0) is 11.2 Å². The van der Waals surface area contributed by atoms with Crippen molar-refractivity contribution in [2.45, 2.75) is 25.8 Å². The number of benzene rings is 1. The molecule has 6 heteroatoms. The first-order valence-corrected chi connectivity index (χ1v) is 6.30. The molecule has 0 amide bonds. The molecule has 20 heavy (non-hydrogen) atoms. The Morgan fingerprint density at radius 2 is 2.10 bits per heavy atom. The van der Waals surface area contributed by atoms with Crippen LogP contribution in [-0.4, -0.2) is 20.3 Å². The summed E-state index contributed by atoms with van der Waals surface area (Å²) in [5.41, 5.74) is 1.13. The zero-order valence-corrected chi connectivity index (χ0v) is 11.1. The molecule has 0 radical (unpaired) electrons. The molecule has 1 unspecified atom stereocenters. The molecular formula is C14H15N3O3. The fraction of sp³-hybridized carbons (Fsp3) is 0.286. The van der Waals surface area contributed by atoms with Gasteiger partial charge in [0.15, 0.2) is 5.78 Å². The topological polar surface area (TPSA) is 78.0 Å². The van der Waals surface area contributed by atoms with Gasteiger partial charge in [-0.25, -0.2) is 0 Å². The molecule has 1 aromatic heterocycles. The highest BCUT2D eigenvalue weighted by molar-refractivity contribution is 5.80. The summed E-state index contributed by atoms with van der Waals surface area (Å²) >= 11 is 0. The minimum absolute atomic E-state index is 0.0340. The molecule has 0 N–H and O–H groups in total. The van der Waals surface area contributed by atoms with Crippen molar-refractivity contribution in [3.63, 3.8) is 0 Å². The van der Waals surface area contributed by atoms with E-state index in [0.717, 1.165) is 12.0 Å². The van der Waals surface area contributed by atoms with Crippen molar-refractivity contribution in [2.75, 3.05) is 0 Å². The minimum Gasteiger partial charge on any atom is -0.358 e. The van der Waals surface area contributed by atoms with Crippen molar-refractivity contribution in [3.05, 3.63) is 58.5 Å². The molecule has 0 bridgehead atoms. The lowest BCUT2D eigenvalue weighted by atomic mass is 10.0. The zero-order chi connectivity index (χ0) is 14.5. The second kappa shape index (κ2) is 6.10. The first-order valence-electron chi connectivity index (χ1n) is 6.30. The van der Waals surface area contributed by atoms with E-state index in [1.54, 1.807) is 0 Å². The van der Waals surface area contributed by atoms with Crippen LogP contribution in [0.15, 0.2) is 42.9 Å². The van der Waals surface area contributed by atoms with Crippen LogP contribution in [0.4, 0.5) is 5.82 Å². The number of ketones is 1. The van der Waals surface area contributed by atoms with Crippen molar-refractivity contribution in [2.24, 2.45) is 0 Å². The van der Waals surface area contributed by atoms with Crippen molar-refractivity contribution >= 4 is 11.6 Å². The SMILES string of the molecule is CC(=O)C(CCc1ccccc1)n1cnc([N+](=O)[O-])c1. The van der Waals surface area contributed by atoms with Crippen LogP contribution < -0.4 is 0 Å². The second-order valence-corrected chi connectivity index (χ2v) is 4.59. The lowest BCUT2D eigenvalue weighted by molar-refractivity contribution is -0.389. The first-order chi connectivity index (χ1) is 9.58. The van der Waals surface area contributed by atoms with Gasteiger partial charge < -0.3 is 10.1 Å². The van der Waals surface area contributed by atoms with E-state index < -0.39 is 11.0 Å². The van der Waals surface area contributed by atoms with E-state index in [4.69, 9.17) is 0 Å². The maximum absolute atomic E-state index is 11.7. The molecule has 0 aliphatic carbocycles. The van der Waals surface area contributed by atoms with Gasteiger partial charge in [-0.3, -0.25) is 9.36 Å². The van der Waals surface area contributed by atoms with Crippen molar-refractivity contribution in [1.82, 2.24) is 9.55 Å². The normalized spacial score (nSPS) is 12.1. The molecule has 6 nitrogen and oxygen atoms in total. The number of nitro groups is 1. The fourth-order valence-corrected chi connectivity index (χ4v) is 2.10. The molecule has 1 heterocycles. The van der Waals surface area contributed by atoms with E-state index in [0.29, 0.717) is 6.42 Å². The number of carbonyl (C=O) groups is 1. The summed E-state index contributed by atoms with van der Waals surface area (Å²) in [6.07, 6.45) is 3.97. The van der Waals surface area contributed by atoms with Crippen molar-refractivity contribution in [3.8, 4) is 0 Å². The maximum atomic E-state index is 11.7. The Kier molecular flexibility index (Phi) is 4.24. The number of hydrogen-bond donors (Lipinski definition) is 0. The van der Waals surface area contributed by atoms with Gasteiger partial charge in [0.2, 0.25) is 6.33 Å². The van der Waals surface area contributed by atoms with E-state index >= 15 is 0 Å². The Bertz CT molecular complexity index is 607. The zero-order valence-electron chi connectivity index (χ0n) is 11.1. The summed E-state index contributed by atoms with van der Waals surface area (Å²) in [4.78, 5) is 25.5. The number of nitrogens with zero attached hydrogens (tertiary/aromatic N) is 3. The van der Waals surface area contributed by atoms with Gasteiger partial charge in [-0.2, -0.15) is 0 Å². The molecule has 2 aromatic rings. The number of aryl methyl sites for hydroxylation is 1. The van der Waals surface area contributed by atoms with Gasteiger partial charge in [-0.15, -0.1) is 0 Å². The van der Waals surface area contributed by atoms with Crippen LogP contribution in [0, 0.1) is 10.1 Å². The lowest BCUT2D eigenvalue weighted by Crippen LogP contribution is -2.16. The Balaban J connectivity index is 2.10. The average Bonchev–Trinajstić information content (AvgIpc) is 2.89. The Morgan fingerprint density at radius 3 is 2.65 bits per heavy atom. The highest BCUT2D eigenvalue weighted by Crippen LogP contribution is 2.19. The molecular weight excluding hydrogens is 258 g/mol. The minimum atomic E-state index is -0.565. The van der Waals surface area contributed by atoms with Crippen LogP contribution in [0.25, 0.3) is 0 Å². The summed E-state index contributed by atoms with van der Waals surface area (Å²) in [5, 5.41) is 10.6. The average molecular weight is 273 g/mol. The molecule has 1 aromatic carbocycles. The Labute approximate surface area is 116 Å². The van der Waals surface area contributed by atoms with E-state index in [2.05, 4.69) is 4.98 Å². The highest BCUT2D eigenvalue weighted by atomic mass is 16.6. The molecule has 0 saturated heterocycles. The quantitative estimate of drug-likeness (QED) is 0.598. The molecule has 0 saturated carbocycles. The van der Waals surface area contributed by atoms with Gasteiger partial charge in [-0.1, -0.05) is 30.3 Å². The van der Waals surface area contributed by atoms with Gasteiger partial charge in [0.25, 0.3) is 0 Å². The van der Waals surface area contributed by atoms with Crippen molar-refractivity contribution < 1.29 is 9.72 Å². The third-order valence-electron chi connectivity index (χ3n) is 3.15. The van der Waals surface area contributed by atoms with Gasteiger partial charge in [0, 0.05) is 0 Å². The standard InChI is InChI=1S/C14H15N3O3/c1-11(18)13(8-7-12-5-3-2-4-6-12)16-9-14(15-10-16)17(19)20/h2-6,9-10,13H,7-8H2,1H3. The Morgan fingerprint density at radius 1 is 1.40 bits per heavy atom. The fourth-order valence-electron chi connectivity index (χ4n) is 2.10. The van der Waals surface area contributed by atoms with E-state index in [1.807, 2.05) is 30.3 Å². The summed E-state index contributed by atoms with van der Waals surface area (Å²) in [5.74, 6) is -0.274. The third kappa shape index (κ3) is 3.28. The number of imidazole rings is 1. The molecule has 104 valence electrons. The monoisotopic (exact) mass is 273 g/mol. The van der Waals surface area contributed by atoms with Gasteiger partial charge in [0.05, 0.1) is 6.04 Å². The van der Waals surface area contributed by atoms with Gasteiger partial charge >= 0.3 is 5.82 Å². The predicted molar refractivity (Wildman–Crippen MR) is 73.4 cm³/mol. The molecule has 0 spiro atoms. The molecule has 0 aliphatic heterocycles. The third-order valence-corrected chi connectivity index (χ3v) is 3.15. The summed E-state index contributed by atoms with van der Waals surface area (Å²) in [6, 6.07) is 9.39. The highest BCUT2D eigenvalue weighted by Gasteiger charge is 2.20. The van der Waals surface area contributed by atoms with Crippen LogP contribution in [0.3, 0.4) is 0 Å². The maximum Gasteiger partial charge on any atom is 0.381 e. The van der Waals surface area contributed by atoms with Crippen molar-refractivity contribution in [1.29, 1.82) is 0 Å². The molecule has 2 rings (SSSR count). The van der Waals surface area contributed by atoms with E-state index in [-0.39, 0.29) is 11.6 Å². The smallest absolute Gasteiger partial charge is 0.358 e. The van der Waals surface area contributed by atoms with Crippen LogP contribution in [0.1, 0.15) is 24.9 Å².